The molecule has 23 heavy (non-hydrogen) atoms. The van der Waals surface area contributed by atoms with Crippen molar-refractivity contribution in [2.45, 2.75) is 20.3 Å². The van der Waals surface area contributed by atoms with E-state index in [1.165, 1.54) is 0 Å². The zero-order valence-electron chi connectivity index (χ0n) is 13.4. The lowest BCUT2D eigenvalue weighted by atomic mass is 9.96. The highest BCUT2D eigenvalue weighted by Gasteiger charge is 2.12. The molecule has 2 aromatic carbocycles. The van der Waals surface area contributed by atoms with Crippen molar-refractivity contribution in [1.82, 2.24) is 4.98 Å². The molecule has 0 atom stereocenters. The Morgan fingerprint density at radius 2 is 1.91 bits per heavy atom. The molecule has 0 unspecified atom stereocenters. The van der Waals surface area contributed by atoms with E-state index in [-0.39, 0.29) is 12.4 Å². The third kappa shape index (κ3) is 3.24. The van der Waals surface area contributed by atoms with E-state index in [4.69, 9.17) is 4.74 Å². The van der Waals surface area contributed by atoms with Gasteiger partial charge in [-0.3, -0.25) is 9.78 Å². The number of ether oxygens (including phenoxy) is 1. The highest BCUT2D eigenvalue weighted by atomic mass is 16.5. The average Bonchev–Trinajstić information content (AvgIpc) is 2.55. The first kappa shape index (κ1) is 15.2. The fourth-order valence-corrected chi connectivity index (χ4v) is 2.86. The molecular weight excluding hydrogens is 286 g/mol. The van der Waals surface area contributed by atoms with Crippen molar-refractivity contribution in [3.8, 4) is 11.1 Å². The number of nitrogens with zero attached hydrogens (tertiary/aromatic N) is 1. The summed E-state index contributed by atoms with van der Waals surface area (Å²) in [5, 5.41) is 1.07. The Morgan fingerprint density at radius 1 is 1.13 bits per heavy atom. The first-order valence-corrected chi connectivity index (χ1v) is 7.78. The molecule has 0 saturated carbocycles. The second-order valence-corrected chi connectivity index (χ2v) is 5.53. The molecular formula is C20H19NO2. The smallest absolute Gasteiger partial charge is 0.310 e. The molecule has 1 heterocycles. The first-order valence-electron chi connectivity index (χ1n) is 7.78. The maximum Gasteiger partial charge on any atom is 0.310 e. The van der Waals surface area contributed by atoms with Gasteiger partial charge in [0.1, 0.15) is 0 Å². The number of rotatable bonds is 4. The van der Waals surface area contributed by atoms with Crippen LogP contribution in [0.5, 0.6) is 0 Å². The third-order valence-electron chi connectivity index (χ3n) is 3.79. The summed E-state index contributed by atoms with van der Waals surface area (Å²) < 4.78 is 5.08. The number of aromatic nitrogens is 1. The molecule has 0 saturated heterocycles. The second-order valence-electron chi connectivity index (χ2n) is 5.53. The number of carbonyl (C=O) groups is 1. The van der Waals surface area contributed by atoms with Crippen molar-refractivity contribution in [1.29, 1.82) is 0 Å². The van der Waals surface area contributed by atoms with Crippen molar-refractivity contribution in [2.75, 3.05) is 6.61 Å². The molecule has 0 radical (unpaired) electrons. The van der Waals surface area contributed by atoms with E-state index in [2.05, 4.69) is 23.2 Å². The van der Waals surface area contributed by atoms with Gasteiger partial charge in [-0.2, -0.15) is 0 Å². The minimum atomic E-state index is -0.216. The minimum absolute atomic E-state index is 0.216. The van der Waals surface area contributed by atoms with E-state index in [0.29, 0.717) is 6.61 Å². The van der Waals surface area contributed by atoms with E-state index < -0.39 is 0 Å². The summed E-state index contributed by atoms with van der Waals surface area (Å²) in [7, 11) is 0. The third-order valence-corrected chi connectivity index (χ3v) is 3.79. The van der Waals surface area contributed by atoms with Gasteiger partial charge in [0, 0.05) is 11.6 Å². The van der Waals surface area contributed by atoms with Crippen LogP contribution >= 0.6 is 0 Å². The lowest BCUT2D eigenvalue weighted by molar-refractivity contribution is -0.142. The van der Waals surface area contributed by atoms with E-state index in [9.17, 15) is 4.79 Å². The maximum absolute atomic E-state index is 11.9. The van der Waals surface area contributed by atoms with Gasteiger partial charge in [0.25, 0.3) is 0 Å². The summed E-state index contributed by atoms with van der Waals surface area (Å²) in [4.78, 5) is 16.4. The van der Waals surface area contributed by atoms with Crippen LogP contribution in [0, 0.1) is 6.92 Å². The number of hydrogen-bond acceptors (Lipinski definition) is 3. The summed E-state index contributed by atoms with van der Waals surface area (Å²) >= 11 is 0. The van der Waals surface area contributed by atoms with Crippen LogP contribution in [0.15, 0.2) is 54.7 Å². The highest BCUT2D eigenvalue weighted by molar-refractivity contribution is 5.97. The normalized spacial score (nSPS) is 10.7. The molecule has 0 aliphatic rings. The number of pyridine rings is 1. The van der Waals surface area contributed by atoms with Gasteiger partial charge in [0.05, 0.1) is 18.5 Å². The Balaban J connectivity index is 2.15. The standard InChI is InChI=1S/C20H19NO2/c1-3-23-19(22)13-16-11-14(2)12-18-17(9-10-21-20(16)18)15-7-5-4-6-8-15/h4-12H,3,13H2,1-2H3. The van der Waals surface area contributed by atoms with Crippen molar-refractivity contribution in [3.63, 3.8) is 0 Å². The van der Waals surface area contributed by atoms with Crippen molar-refractivity contribution in [3.05, 3.63) is 65.9 Å². The molecule has 3 rings (SSSR count). The fraction of sp³-hybridized carbons (Fsp3) is 0.200. The van der Waals surface area contributed by atoms with Crippen LogP contribution in [0.3, 0.4) is 0 Å². The van der Waals surface area contributed by atoms with Gasteiger partial charge < -0.3 is 4.74 Å². The minimum Gasteiger partial charge on any atom is -0.466 e. The number of aryl methyl sites for hydroxylation is 1. The SMILES string of the molecule is CCOC(=O)Cc1cc(C)cc2c(-c3ccccc3)ccnc12. The molecule has 0 aliphatic carbocycles. The number of benzene rings is 2. The summed E-state index contributed by atoms with van der Waals surface area (Å²) in [6.07, 6.45) is 2.05. The first-order chi connectivity index (χ1) is 11.2. The van der Waals surface area contributed by atoms with E-state index in [1.807, 2.05) is 44.2 Å². The molecule has 0 bridgehead atoms. The van der Waals surface area contributed by atoms with Crippen LogP contribution in [0.2, 0.25) is 0 Å². The quantitative estimate of drug-likeness (QED) is 0.674. The number of fused-ring (bicyclic) bond motifs is 1. The van der Waals surface area contributed by atoms with Crippen LogP contribution in [-0.2, 0) is 16.0 Å². The van der Waals surface area contributed by atoms with Gasteiger partial charge in [0.2, 0.25) is 0 Å². The van der Waals surface area contributed by atoms with Gasteiger partial charge in [-0.1, -0.05) is 42.0 Å². The zero-order valence-corrected chi connectivity index (χ0v) is 13.4. The number of esters is 1. The molecule has 0 N–H and O–H groups in total. The molecule has 3 nitrogen and oxygen atoms in total. The number of hydrogen-bond donors (Lipinski definition) is 0. The summed E-state index contributed by atoms with van der Waals surface area (Å²) in [6.45, 7) is 4.25. The summed E-state index contributed by atoms with van der Waals surface area (Å²) in [5.41, 5.74) is 5.17. The fourth-order valence-electron chi connectivity index (χ4n) is 2.86. The van der Waals surface area contributed by atoms with Gasteiger partial charge in [0.15, 0.2) is 0 Å². The Labute approximate surface area is 135 Å². The van der Waals surface area contributed by atoms with Crippen molar-refractivity contribution < 1.29 is 9.53 Å². The monoisotopic (exact) mass is 305 g/mol. The molecule has 0 fully saturated rings. The second kappa shape index (κ2) is 6.61. The van der Waals surface area contributed by atoms with Crippen molar-refractivity contribution in [2.24, 2.45) is 0 Å². The molecule has 3 heteroatoms. The topological polar surface area (TPSA) is 39.2 Å². The molecule has 1 aromatic heterocycles. The van der Waals surface area contributed by atoms with Gasteiger partial charge in [-0.05, 0) is 42.7 Å². The predicted molar refractivity (Wildman–Crippen MR) is 92.3 cm³/mol. The van der Waals surface area contributed by atoms with Crippen molar-refractivity contribution >= 4 is 16.9 Å². The molecule has 3 aromatic rings. The summed E-state index contributed by atoms with van der Waals surface area (Å²) in [6, 6.07) is 16.4. The van der Waals surface area contributed by atoms with Crippen LogP contribution in [0.1, 0.15) is 18.1 Å². The Morgan fingerprint density at radius 3 is 2.65 bits per heavy atom. The molecule has 0 aliphatic heterocycles. The lowest BCUT2D eigenvalue weighted by Gasteiger charge is -2.11. The van der Waals surface area contributed by atoms with E-state index >= 15 is 0 Å². The molecule has 116 valence electrons. The average molecular weight is 305 g/mol. The van der Waals surface area contributed by atoms with E-state index in [1.54, 1.807) is 6.20 Å². The zero-order chi connectivity index (χ0) is 16.2. The van der Waals surface area contributed by atoms with Crippen LogP contribution in [0.25, 0.3) is 22.0 Å². The largest absolute Gasteiger partial charge is 0.466 e. The van der Waals surface area contributed by atoms with E-state index in [0.717, 1.165) is 33.2 Å². The lowest BCUT2D eigenvalue weighted by Crippen LogP contribution is -2.08. The van der Waals surface area contributed by atoms with Crippen LogP contribution in [0.4, 0.5) is 0 Å². The van der Waals surface area contributed by atoms with Gasteiger partial charge in [-0.25, -0.2) is 0 Å². The number of carbonyl (C=O) groups excluding carboxylic acids is 1. The maximum atomic E-state index is 11.9. The van der Waals surface area contributed by atoms with Crippen LogP contribution < -0.4 is 0 Å². The molecule has 0 spiro atoms. The summed E-state index contributed by atoms with van der Waals surface area (Å²) in [5.74, 6) is -0.216. The van der Waals surface area contributed by atoms with Crippen LogP contribution in [-0.4, -0.2) is 17.6 Å². The molecule has 0 amide bonds. The van der Waals surface area contributed by atoms with Gasteiger partial charge >= 0.3 is 5.97 Å². The Hall–Kier alpha value is -2.68. The Bertz CT molecular complexity index is 841. The highest BCUT2D eigenvalue weighted by Crippen LogP contribution is 2.30. The Kier molecular flexibility index (Phi) is 4.38. The predicted octanol–water partition coefficient (Wildman–Crippen LogP) is 4.32. The van der Waals surface area contributed by atoms with Gasteiger partial charge in [-0.15, -0.1) is 0 Å².